The van der Waals surface area contributed by atoms with Crippen LogP contribution in [0, 0.1) is 21.4 Å². The van der Waals surface area contributed by atoms with E-state index in [9.17, 15) is 9.90 Å². The molecule has 0 amide bonds. The number of carbonyl (C=O) groups is 1. The van der Waals surface area contributed by atoms with Crippen LogP contribution in [0.15, 0.2) is 12.1 Å². The predicted octanol–water partition coefficient (Wildman–Crippen LogP) is 5.77. The third-order valence-corrected chi connectivity index (χ3v) is 11.4. The minimum Gasteiger partial charge on any atom is -0.506 e. The zero-order valence-corrected chi connectivity index (χ0v) is 25.4. The fourth-order valence-electron chi connectivity index (χ4n) is 1.95. The summed E-state index contributed by atoms with van der Waals surface area (Å²) >= 11 is 12.9. The number of phenols is 1. The van der Waals surface area contributed by atoms with Crippen LogP contribution in [0.3, 0.4) is 0 Å². The van der Waals surface area contributed by atoms with Gasteiger partial charge < -0.3 is 20.7 Å². The monoisotopic (exact) mass is 1030 g/mol. The minimum absolute atomic E-state index is 0.241. The number of hydrogen-bond donors (Lipinski definition) is 3. The summed E-state index contributed by atoms with van der Waals surface area (Å²) in [6.07, 6.45) is 0.257. The van der Waals surface area contributed by atoms with Gasteiger partial charge in [-0.3, -0.25) is 4.79 Å². The van der Waals surface area contributed by atoms with Crippen LogP contribution in [-0.2, 0) is 11.2 Å². The van der Waals surface area contributed by atoms with Gasteiger partial charge in [-0.25, -0.2) is 0 Å². The fourth-order valence-corrected chi connectivity index (χ4v) is 7.58. The van der Waals surface area contributed by atoms with Crippen LogP contribution >= 0.6 is 136 Å². The van der Waals surface area contributed by atoms with E-state index in [1.54, 1.807) is 12.1 Å². The van der Waals surface area contributed by atoms with Gasteiger partial charge in [0.15, 0.2) is 5.75 Å². The number of carboxylic acid groups (broad SMARTS) is 1. The highest BCUT2D eigenvalue weighted by atomic mass is 127. The highest BCUT2D eigenvalue weighted by Crippen LogP contribution is 2.41. The van der Waals surface area contributed by atoms with E-state index in [1.807, 2.05) is 0 Å². The first-order chi connectivity index (χ1) is 12.0. The average molecular weight is 1030 g/mol. The van der Waals surface area contributed by atoms with E-state index in [-0.39, 0.29) is 12.2 Å². The molecule has 2 aromatic rings. The van der Waals surface area contributed by atoms with Gasteiger partial charge in [0.05, 0.1) is 14.3 Å². The molecule has 0 aliphatic carbocycles. The number of rotatable bonds is 5. The van der Waals surface area contributed by atoms with Crippen molar-refractivity contribution in [3.8, 4) is 17.2 Å². The molecule has 2 rings (SSSR count). The zero-order chi connectivity index (χ0) is 19.8. The molecule has 1 atom stereocenters. The summed E-state index contributed by atoms with van der Waals surface area (Å²) in [6, 6.07) is 2.60. The Kier molecular flexibility index (Phi) is 9.50. The van der Waals surface area contributed by atoms with Crippen LogP contribution in [0.4, 0.5) is 0 Å². The standard InChI is InChI=1S/C15H9I6NO4/c16-6-1-4(2-7(17)13(6)23)26-14-11(20)9(18)5(10(19)12(14)21)3-8(22)15(24)25/h1-2,8,23H,3,22H2,(H,24,25). The molecule has 11 heteroatoms. The number of ether oxygens (including phenoxy) is 1. The fraction of sp³-hybridized carbons (Fsp3) is 0.133. The van der Waals surface area contributed by atoms with Crippen molar-refractivity contribution in [2.75, 3.05) is 0 Å². The lowest BCUT2D eigenvalue weighted by atomic mass is 10.1. The summed E-state index contributed by atoms with van der Waals surface area (Å²) in [5, 5.41) is 19.0. The van der Waals surface area contributed by atoms with Crippen molar-refractivity contribution in [1.29, 1.82) is 0 Å². The SMILES string of the molecule is NC(Cc1c(I)c(I)c(Oc2cc(I)c(O)c(I)c2)c(I)c1I)C(=O)O. The van der Waals surface area contributed by atoms with Crippen molar-refractivity contribution in [1.82, 2.24) is 0 Å². The van der Waals surface area contributed by atoms with Gasteiger partial charge in [-0.15, -0.1) is 0 Å². The van der Waals surface area contributed by atoms with Crippen molar-refractivity contribution in [3.05, 3.63) is 39.1 Å². The van der Waals surface area contributed by atoms with E-state index in [0.717, 1.165) is 19.8 Å². The van der Waals surface area contributed by atoms with Gasteiger partial charge in [0.1, 0.15) is 17.5 Å². The number of hydrogen-bond acceptors (Lipinski definition) is 4. The maximum absolute atomic E-state index is 11.1. The quantitative estimate of drug-likeness (QED) is 0.262. The van der Waals surface area contributed by atoms with E-state index < -0.39 is 12.0 Å². The Balaban J connectivity index is 2.50. The molecule has 0 fully saturated rings. The molecule has 0 spiro atoms. The van der Waals surface area contributed by atoms with Gasteiger partial charge in [-0.05, 0) is 153 Å². The summed E-state index contributed by atoms with van der Waals surface area (Å²) in [7, 11) is 0. The highest BCUT2D eigenvalue weighted by molar-refractivity contribution is 14.1. The number of aliphatic carboxylic acids is 1. The Morgan fingerprint density at radius 1 is 1.00 bits per heavy atom. The summed E-state index contributed by atoms with van der Waals surface area (Å²) in [5.74, 6) is 0.569. The summed E-state index contributed by atoms with van der Waals surface area (Å²) in [6.45, 7) is 0. The van der Waals surface area contributed by atoms with E-state index >= 15 is 0 Å². The number of benzene rings is 2. The predicted molar refractivity (Wildman–Crippen MR) is 150 cm³/mol. The van der Waals surface area contributed by atoms with Gasteiger partial charge in [0, 0.05) is 13.6 Å². The maximum Gasteiger partial charge on any atom is 0.320 e. The second kappa shape index (κ2) is 10.2. The Labute approximate surface area is 231 Å². The number of aromatic hydroxyl groups is 1. The van der Waals surface area contributed by atoms with Crippen molar-refractivity contribution in [2.45, 2.75) is 12.5 Å². The smallest absolute Gasteiger partial charge is 0.320 e. The number of carboxylic acids is 1. The van der Waals surface area contributed by atoms with Crippen LogP contribution < -0.4 is 10.5 Å². The lowest BCUT2D eigenvalue weighted by molar-refractivity contribution is -0.138. The number of phenolic OH excluding ortho intramolecular Hbond substituents is 1. The highest BCUT2D eigenvalue weighted by Gasteiger charge is 2.24. The van der Waals surface area contributed by atoms with E-state index in [1.165, 1.54) is 0 Å². The Morgan fingerprint density at radius 3 is 1.88 bits per heavy atom. The van der Waals surface area contributed by atoms with Crippen LogP contribution in [-0.4, -0.2) is 22.2 Å². The molecule has 0 bridgehead atoms. The van der Waals surface area contributed by atoms with E-state index in [4.69, 9.17) is 15.6 Å². The van der Waals surface area contributed by atoms with Gasteiger partial charge in [-0.1, -0.05) is 0 Å². The summed E-state index contributed by atoms with van der Waals surface area (Å²) < 4.78 is 11.2. The molecule has 4 N–H and O–H groups in total. The molecule has 0 aliphatic rings. The molecule has 2 aromatic carbocycles. The molecule has 0 saturated carbocycles. The molecule has 5 nitrogen and oxygen atoms in total. The molecule has 1 unspecified atom stereocenters. The number of halogens is 6. The molecular formula is C15H9I6NO4. The molecule has 140 valence electrons. The van der Waals surface area contributed by atoms with Gasteiger partial charge in [0.25, 0.3) is 0 Å². The molecule has 0 aromatic heterocycles. The lowest BCUT2D eigenvalue weighted by Gasteiger charge is -2.18. The van der Waals surface area contributed by atoms with E-state index in [2.05, 4.69) is 136 Å². The number of nitrogens with two attached hydrogens (primary N) is 1. The average Bonchev–Trinajstić information content (AvgIpc) is 2.58. The van der Waals surface area contributed by atoms with Crippen LogP contribution in [0.2, 0.25) is 0 Å². The topological polar surface area (TPSA) is 92.8 Å². The molecule has 0 saturated heterocycles. The van der Waals surface area contributed by atoms with Crippen molar-refractivity contribution < 1.29 is 19.7 Å². The first kappa shape index (κ1) is 24.1. The van der Waals surface area contributed by atoms with Gasteiger partial charge >= 0.3 is 5.97 Å². The second-order valence-corrected chi connectivity index (χ2v) is 11.7. The van der Waals surface area contributed by atoms with Gasteiger partial charge in [-0.2, -0.15) is 0 Å². The molecule has 0 radical (unpaired) electrons. The van der Waals surface area contributed by atoms with Crippen molar-refractivity contribution in [2.24, 2.45) is 5.73 Å². The van der Waals surface area contributed by atoms with Crippen molar-refractivity contribution >= 4 is 142 Å². The normalized spacial score (nSPS) is 12.1. The van der Waals surface area contributed by atoms with Crippen molar-refractivity contribution in [3.63, 3.8) is 0 Å². The third-order valence-electron chi connectivity index (χ3n) is 3.27. The van der Waals surface area contributed by atoms with Crippen LogP contribution in [0.1, 0.15) is 5.56 Å². The maximum atomic E-state index is 11.1. The summed E-state index contributed by atoms with van der Waals surface area (Å²) in [4.78, 5) is 11.1. The molecule has 0 aliphatic heterocycles. The van der Waals surface area contributed by atoms with Gasteiger partial charge in [0.2, 0.25) is 0 Å². The summed E-state index contributed by atoms with van der Waals surface area (Å²) in [5.41, 5.74) is 6.64. The van der Waals surface area contributed by atoms with E-state index in [0.29, 0.717) is 18.6 Å². The molecular weight excluding hydrogens is 1020 g/mol. The Morgan fingerprint density at radius 2 is 1.46 bits per heavy atom. The minimum atomic E-state index is -1.02. The second-order valence-electron chi connectivity index (χ2n) is 5.05. The first-order valence-corrected chi connectivity index (χ1v) is 13.2. The lowest BCUT2D eigenvalue weighted by Crippen LogP contribution is -2.33. The zero-order valence-electron chi connectivity index (χ0n) is 12.5. The Bertz CT molecular complexity index is 837. The molecule has 26 heavy (non-hydrogen) atoms. The van der Waals surface area contributed by atoms with Crippen LogP contribution in [0.5, 0.6) is 17.2 Å². The third kappa shape index (κ3) is 5.50. The largest absolute Gasteiger partial charge is 0.506 e. The van der Waals surface area contributed by atoms with Crippen LogP contribution in [0.25, 0.3) is 0 Å². The molecule has 0 heterocycles. The Hall–Kier alpha value is 1.85. The first-order valence-electron chi connectivity index (χ1n) is 6.73.